The van der Waals surface area contributed by atoms with Crippen LogP contribution in [0.1, 0.15) is 5.82 Å². The Kier molecular flexibility index (Phi) is 3.82. The maximum Gasteiger partial charge on any atom is 0.130 e. The molecule has 0 aliphatic carbocycles. The summed E-state index contributed by atoms with van der Waals surface area (Å²) >= 11 is 12.2. The first-order chi connectivity index (χ1) is 9.31. The van der Waals surface area contributed by atoms with Gasteiger partial charge >= 0.3 is 0 Å². The third kappa shape index (κ3) is 2.40. The van der Waals surface area contributed by atoms with Gasteiger partial charge in [-0.2, -0.15) is 0 Å². The van der Waals surface area contributed by atoms with Gasteiger partial charge in [0, 0.05) is 12.3 Å². The minimum Gasteiger partial charge on any atom is -0.378 e. The molecule has 1 fully saturated rings. The highest BCUT2D eigenvalue weighted by molar-refractivity contribution is 6.35. The predicted octanol–water partition coefficient (Wildman–Crippen LogP) is 2.44. The standard InChI is InChI=1S/C13H15Cl2N3O/c14-5-4-12-16-11-3-1-2-10(15)13(11)18(12)17-6-8-19-9-7-17/h1-3H,4-9H2. The largest absolute Gasteiger partial charge is 0.378 e. The van der Waals surface area contributed by atoms with Crippen LogP contribution in [0.5, 0.6) is 0 Å². The van der Waals surface area contributed by atoms with Crippen molar-refractivity contribution in [2.75, 3.05) is 37.2 Å². The number of imidazole rings is 1. The molecule has 1 aromatic carbocycles. The summed E-state index contributed by atoms with van der Waals surface area (Å²) in [6.45, 7) is 3.13. The number of ether oxygens (including phenoxy) is 1. The predicted molar refractivity (Wildman–Crippen MR) is 77.9 cm³/mol. The second-order valence-electron chi connectivity index (χ2n) is 4.45. The van der Waals surface area contributed by atoms with Crippen molar-refractivity contribution in [3.05, 3.63) is 29.0 Å². The Balaban J connectivity index is 2.14. The highest BCUT2D eigenvalue weighted by atomic mass is 35.5. The Morgan fingerprint density at radius 2 is 2.05 bits per heavy atom. The number of alkyl halides is 1. The van der Waals surface area contributed by atoms with E-state index in [2.05, 4.69) is 14.7 Å². The van der Waals surface area contributed by atoms with Gasteiger partial charge in [-0.3, -0.25) is 0 Å². The Morgan fingerprint density at radius 1 is 1.26 bits per heavy atom. The van der Waals surface area contributed by atoms with Crippen molar-refractivity contribution in [1.82, 2.24) is 9.66 Å². The van der Waals surface area contributed by atoms with Crippen molar-refractivity contribution < 1.29 is 4.74 Å². The molecule has 4 nitrogen and oxygen atoms in total. The fourth-order valence-electron chi connectivity index (χ4n) is 2.42. The summed E-state index contributed by atoms with van der Waals surface area (Å²) in [6, 6.07) is 5.80. The van der Waals surface area contributed by atoms with Crippen LogP contribution in [0.3, 0.4) is 0 Å². The fraction of sp³-hybridized carbons (Fsp3) is 0.462. The number of hydrogen-bond donors (Lipinski definition) is 0. The van der Waals surface area contributed by atoms with E-state index in [9.17, 15) is 0 Å². The molecule has 0 N–H and O–H groups in total. The van der Waals surface area contributed by atoms with Crippen LogP contribution in [0.25, 0.3) is 11.0 Å². The van der Waals surface area contributed by atoms with Gasteiger partial charge in [0.1, 0.15) is 11.3 Å². The molecule has 1 aromatic heterocycles. The lowest BCUT2D eigenvalue weighted by Crippen LogP contribution is -2.44. The number of benzene rings is 1. The van der Waals surface area contributed by atoms with E-state index < -0.39 is 0 Å². The summed E-state index contributed by atoms with van der Waals surface area (Å²) in [7, 11) is 0. The van der Waals surface area contributed by atoms with Gasteiger partial charge in [0.05, 0.1) is 36.8 Å². The number of aryl methyl sites for hydroxylation is 1. The summed E-state index contributed by atoms with van der Waals surface area (Å²) in [4.78, 5) is 4.65. The van der Waals surface area contributed by atoms with E-state index in [-0.39, 0.29) is 0 Å². The number of fused-ring (bicyclic) bond motifs is 1. The van der Waals surface area contributed by atoms with Crippen LogP contribution >= 0.6 is 23.2 Å². The quantitative estimate of drug-likeness (QED) is 0.816. The fourth-order valence-corrected chi connectivity index (χ4v) is 2.84. The highest BCUT2D eigenvalue weighted by Crippen LogP contribution is 2.25. The zero-order valence-electron chi connectivity index (χ0n) is 10.5. The van der Waals surface area contributed by atoms with E-state index in [0.29, 0.717) is 5.88 Å². The van der Waals surface area contributed by atoms with Gasteiger partial charge in [-0.15, -0.1) is 11.6 Å². The minimum absolute atomic E-state index is 0.547. The van der Waals surface area contributed by atoms with Gasteiger partial charge in [-0.1, -0.05) is 17.7 Å². The van der Waals surface area contributed by atoms with Crippen LogP contribution in [0.2, 0.25) is 5.02 Å². The van der Waals surface area contributed by atoms with Gasteiger partial charge in [0.2, 0.25) is 0 Å². The summed E-state index contributed by atoms with van der Waals surface area (Å²) in [5.74, 6) is 1.51. The van der Waals surface area contributed by atoms with Crippen LogP contribution in [0, 0.1) is 0 Å². The maximum absolute atomic E-state index is 6.34. The average molecular weight is 300 g/mol. The zero-order valence-corrected chi connectivity index (χ0v) is 12.0. The molecule has 1 aliphatic heterocycles. The number of hydrogen-bond acceptors (Lipinski definition) is 3. The van der Waals surface area contributed by atoms with Gasteiger partial charge in [0.25, 0.3) is 0 Å². The van der Waals surface area contributed by atoms with Crippen LogP contribution < -0.4 is 5.01 Å². The highest BCUT2D eigenvalue weighted by Gasteiger charge is 2.19. The Hall–Kier alpha value is -0.970. The summed E-state index contributed by atoms with van der Waals surface area (Å²) in [6.07, 6.45) is 0.726. The zero-order chi connectivity index (χ0) is 13.2. The Morgan fingerprint density at radius 3 is 2.79 bits per heavy atom. The molecule has 0 amide bonds. The molecule has 19 heavy (non-hydrogen) atoms. The lowest BCUT2D eigenvalue weighted by Gasteiger charge is -2.31. The smallest absolute Gasteiger partial charge is 0.130 e. The molecule has 0 spiro atoms. The first-order valence-electron chi connectivity index (χ1n) is 6.36. The molecule has 0 unspecified atom stereocenters. The van der Waals surface area contributed by atoms with Crippen molar-refractivity contribution in [2.24, 2.45) is 0 Å². The molecular formula is C13H15Cl2N3O. The van der Waals surface area contributed by atoms with Crippen LogP contribution in [0.4, 0.5) is 0 Å². The second kappa shape index (κ2) is 5.57. The Bertz CT molecular complexity index is 579. The van der Waals surface area contributed by atoms with E-state index in [1.807, 2.05) is 18.2 Å². The van der Waals surface area contributed by atoms with Gasteiger partial charge in [0.15, 0.2) is 0 Å². The molecule has 2 aromatic rings. The van der Waals surface area contributed by atoms with Crippen LogP contribution in [-0.4, -0.2) is 41.8 Å². The van der Waals surface area contributed by atoms with Crippen molar-refractivity contribution in [3.8, 4) is 0 Å². The third-order valence-corrected chi connectivity index (χ3v) is 3.75. The molecule has 0 saturated carbocycles. The molecule has 0 bridgehead atoms. The van der Waals surface area contributed by atoms with E-state index in [1.54, 1.807) is 0 Å². The number of para-hydroxylation sites is 1. The van der Waals surface area contributed by atoms with Gasteiger partial charge in [-0.25, -0.2) is 9.66 Å². The first kappa shape index (κ1) is 13.0. The molecule has 102 valence electrons. The second-order valence-corrected chi connectivity index (χ2v) is 5.24. The molecule has 1 aliphatic rings. The number of halogens is 2. The molecule has 0 atom stereocenters. The van der Waals surface area contributed by atoms with E-state index in [4.69, 9.17) is 27.9 Å². The lowest BCUT2D eigenvalue weighted by molar-refractivity contribution is 0.111. The number of nitrogens with zero attached hydrogens (tertiary/aromatic N) is 3. The van der Waals surface area contributed by atoms with E-state index in [0.717, 1.165) is 54.6 Å². The molecule has 0 radical (unpaired) electrons. The summed E-state index contributed by atoms with van der Waals surface area (Å²) in [5, 5.41) is 2.95. The monoisotopic (exact) mass is 299 g/mol. The van der Waals surface area contributed by atoms with E-state index in [1.165, 1.54) is 0 Å². The third-order valence-electron chi connectivity index (χ3n) is 3.26. The minimum atomic E-state index is 0.547. The normalized spacial score (nSPS) is 16.2. The SMILES string of the molecule is ClCCc1nc2cccc(Cl)c2n1N1CCOCC1. The maximum atomic E-state index is 6.34. The van der Waals surface area contributed by atoms with Gasteiger partial charge < -0.3 is 9.75 Å². The molecule has 3 rings (SSSR count). The summed E-state index contributed by atoms with van der Waals surface area (Å²) < 4.78 is 7.52. The van der Waals surface area contributed by atoms with Crippen molar-refractivity contribution in [2.45, 2.75) is 6.42 Å². The van der Waals surface area contributed by atoms with Crippen molar-refractivity contribution in [1.29, 1.82) is 0 Å². The van der Waals surface area contributed by atoms with Crippen molar-refractivity contribution >= 4 is 34.2 Å². The first-order valence-corrected chi connectivity index (χ1v) is 7.27. The molecule has 2 heterocycles. The lowest BCUT2D eigenvalue weighted by atomic mass is 10.3. The average Bonchev–Trinajstić information content (AvgIpc) is 2.80. The van der Waals surface area contributed by atoms with Crippen molar-refractivity contribution in [3.63, 3.8) is 0 Å². The van der Waals surface area contributed by atoms with E-state index >= 15 is 0 Å². The topological polar surface area (TPSA) is 30.3 Å². The molecule has 1 saturated heterocycles. The summed E-state index contributed by atoms with van der Waals surface area (Å²) in [5.41, 5.74) is 1.88. The van der Waals surface area contributed by atoms with Crippen LogP contribution in [-0.2, 0) is 11.2 Å². The number of rotatable bonds is 3. The molecular weight excluding hydrogens is 285 g/mol. The number of aromatic nitrogens is 2. The van der Waals surface area contributed by atoms with Gasteiger partial charge in [-0.05, 0) is 12.1 Å². The van der Waals surface area contributed by atoms with Crippen LogP contribution in [0.15, 0.2) is 18.2 Å². The molecule has 6 heteroatoms. The Labute approximate surface area is 121 Å². The number of morpholine rings is 1.